The van der Waals surface area contributed by atoms with Crippen molar-refractivity contribution in [3.05, 3.63) is 51.9 Å². The monoisotopic (exact) mass is 372 g/mol. The van der Waals surface area contributed by atoms with Crippen LogP contribution in [0.3, 0.4) is 0 Å². The number of amides is 1. The second kappa shape index (κ2) is 5.85. The molecular formula is C17H17BrN4O. The van der Waals surface area contributed by atoms with Crippen molar-refractivity contribution in [2.24, 2.45) is 0 Å². The molecule has 2 heterocycles. The zero-order chi connectivity index (χ0) is 15.8. The molecule has 1 amide bonds. The highest BCUT2D eigenvalue weighted by atomic mass is 79.9. The fraction of sp³-hybridized carbons (Fsp3) is 0.294. The Kier molecular flexibility index (Phi) is 3.69. The van der Waals surface area contributed by atoms with E-state index >= 15 is 0 Å². The molecule has 3 aromatic rings. The SMILES string of the molecule is O=C(NCCn1ccc2ccc(Br)cc21)c1n[nH]c2c1CCC2. The number of H-pyrrole nitrogens is 1. The molecular weight excluding hydrogens is 356 g/mol. The van der Waals surface area contributed by atoms with E-state index in [0.29, 0.717) is 12.2 Å². The van der Waals surface area contributed by atoms with Crippen LogP contribution >= 0.6 is 15.9 Å². The topological polar surface area (TPSA) is 62.7 Å². The van der Waals surface area contributed by atoms with Gasteiger partial charge in [0.25, 0.3) is 5.91 Å². The minimum atomic E-state index is -0.0814. The molecule has 1 aliphatic carbocycles. The van der Waals surface area contributed by atoms with E-state index in [1.165, 1.54) is 5.39 Å². The van der Waals surface area contributed by atoms with Crippen LogP contribution in [0.5, 0.6) is 0 Å². The Morgan fingerprint density at radius 2 is 2.26 bits per heavy atom. The van der Waals surface area contributed by atoms with Gasteiger partial charge in [-0.05, 0) is 42.8 Å². The van der Waals surface area contributed by atoms with Gasteiger partial charge in [-0.1, -0.05) is 22.0 Å². The molecule has 0 spiro atoms. The number of hydrogen-bond donors (Lipinski definition) is 2. The molecule has 1 aliphatic rings. The molecule has 23 heavy (non-hydrogen) atoms. The summed E-state index contributed by atoms with van der Waals surface area (Å²) in [6, 6.07) is 8.30. The third kappa shape index (κ3) is 2.67. The summed E-state index contributed by atoms with van der Waals surface area (Å²) in [6.07, 6.45) is 5.11. The van der Waals surface area contributed by atoms with Crippen LogP contribution in [0, 0.1) is 0 Å². The first-order valence-corrected chi connectivity index (χ1v) is 8.60. The van der Waals surface area contributed by atoms with Gasteiger partial charge >= 0.3 is 0 Å². The smallest absolute Gasteiger partial charge is 0.272 e. The van der Waals surface area contributed by atoms with Crippen LogP contribution in [0.15, 0.2) is 34.9 Å². The predicted molar refractivity (Wildman–Crippen MR) is 92.6 cm³/mol. The van der Waals surface area contributed by atoms with Gasteiger partial charge in [-0.25, -0.2) is 0 Å². The molecule has 2 aromatic heterocycles. The zero-order valence-corrected chi connectivity index (χ0v) is 14.2. The standard InChI is InChI=1S/C17H17BrN4O/c18-12-5-4-11-6-8-22(15(11)10-12)9-7-19-17(23)16-13-2-1-3-14(13)20-21-16/h4-6,8,10H,1-3,7,9H2,(H,19,23)(H,20,21). The molecule has 0 bridgehead atoms. The number of aromatic amines is 1. The number of halogens is 1. The molecule has 0 aliphatic heterocycles. The molecule has 0 atom stereocenters. The van der Waals surface area contributed by atoms with Crippen molar-refractivity contribution in [3.8, 4) is 0 Å². The van der Waals surface area contributed by atoms with Gasteiger partial charge in [0.1, 0.15) is 0 Å². The highest BCUT2D eigenvalue weighted by Crippen LogP contribution is 2.23. The van der Waals surface area contributed by atoms with Crippen LogP contribution in [0.4, 0.5) is 0 Å². The summed E-state index contributed by atoms with van der Waals surface area (Å²) in [5, 5.41) is 11.3. The predicted octanol–water partition coefficient (Wildman–Crippen LogP) is 3.05. The zero-order valence-electron chi connectivity index (χ0n) is 12.6. The van der Waals surface area contributed by atoms with E-state index in [4.69, 9.17) is 0 Å². The number of rotatable bonds is 4. The second-order valence-electron chi connectivity index (χ2n) is 5.85. The van der Waals surface area contributed by atoms with E-state index in [-0.39, 0.29) is 5.91 Å². The number of aromatic nitrogens is 3. The molecule has 0 radical (unpaired) electrons. The van der Waals surface area contributed by atoms with Gasteiger partial charge in [0.2, 0.25) is 0 Å². The van der Waals surface area contributed by atoms with E-state index in [0.717, 1.165) is 47.1 Å². The van der Waals surface area contributed by atoms with Crippen molar-refractivity contribution < 1.29 is 4.79 Å². The summed E-state index contributed by atoms with van der Waals surface area (Å²) in [5.74, 6) is -0.0814. The van der Waals surface area contributed by atoms with Gasteiger partial charge in [0.05, 0.1) is 0 Å². The van der Waals surface area contributed by atoms with E-state index < -0.39 is 0 Å². The van der Waals surface area contributed by atoms with Gasteiger partial charge in [-0.3, -0.25) is 9.89 Å². The van der Waals surface area contributed by atoms with Gasteiger partial charge < -0.3 is 9.88 Å². The molecule has 1 aromatic carbocycles. The van der Waals surface area contributed by atoms with Crippen molar-refractivity contribution in [2.45, 2.75) is 25.8 Å². The van der Waals surface area contributed by atoms with Crippen LogP contribution in [-0.2, 0) is 19.4 Å². The molecule has 0 fully saturated rings. The summed E-state index contributed by atoms with van der Waals surface area (Å²) in [4.78, 5) is 12.3. The summed E-state index contributed by atoms with van der Waals surface area (Å²) in [5.41, 5.74) is 3.95. The maximum absolute atomic E-state index is 12.3. The van der Waals surface area contributed by atoms with Crippen LogP contribution in [-0.4, -0.2) is 27.2 Å². The first kappa shape index (κ1) is 14.5. The minimum absolute atomic E-state index is 0.0814. The Hall–Kier alpha value is -2.08. The van der Waals surface area contributed by atoms with E-state index in [9.17, 15) is 4.79 Å². The van der Waals surface area contributed by atoms with Crippen molar-refractivity contribution >= 4 is 32.7 Å². The Labute approximate surface area is 142 Å². The molecule has 4 rings (SSSR count). The second-order valence-corrected chi connectivity index (χ2v) is 6.77. The Bertz CT molecular complexity index is 880. The summed E-state index contributed by atoms with van der Waals surface area (Å²) in [6.45, 7) is 1.31. The number of carbonyl (C=O) groups is 1. The van der Waals surface area contributed by atoms with Crippen molar-refractivity contribution in [1.29, 1.82) is 0 Å². The Morgan fingerprint density at radius 1 is 1.35 bits per heavy atom. The quantitative estimate of drug-likeness (QED) is 0.739. The molecule has 5 nitrogen and oxygen atoms in total. The first-order valence-electron chi connectivity index (χ1n) is 7.81. The van der Waals surface area contributed by atoms with Crippen molar-refractivity contribution in [2.75, 3.05) is 6.54 Å². The Morgan fingerprint density at radius 3 is 3.17 bits per heavy atom. The lowest BCUT2D eigenvalue weighted by Gasteiger charge is -2.07. The molecule has 0 saturated heterocycles. The van der Waals surface area contributed by atoms with E-state index in [1.807, 2.05) is 6.07 Å². The number of hydrogen-bond acceptors (Lipinski definition) is 2. The van der Waals surface area contributed by atoms with Gasteiger partial charge in [0.15, 0.2) is 5.69 Å². The highest BCUT2D eigenvalue weighted by Gasteiger charge is 2.22. The van der Waals surface area contributed by atoms with Crippen molar-refractivity contribution in [3.63, 3.8) is 0 Å². The normalized spacial score (nSPS) is 13.4. The van der Waals surface area contributed by atoms with Crippen LogP contribution in [0.2, 0.25) is 0 Å². The Balaban J connectivity index is 1.43. The van der Waals surface area contributed by atoms with Crippen LogP contribution in [0.25, 0.3) is 10.9 Å². The van der Waals surface area contributed by atoms with Crippen molar-refractivity contribution in [1.82, 2.24) is 20.1 Å². The highest BCUT2D eigenvalue weighted by molar-refractivity contribution is 9.10. The number of nitrogens with one attached hydrogen (secondary N) is 2. The average Bonchev–Trinajstić information content (AvgIpc) is 3.22. The lowest BCUT2D eigenvalue weighted by atomic mass is 10.2. The third-order valence-corrected chi connectivity index (χ3v) is 4.89. The summed E-state index contributed by atoms with van der Waals surface area (Å²) in [7, 11) is 0. The van der Waals surface area contributed by atoms with E-state index in [2.05, 4.69) is 60.4 Å². The minimum Gasteiger partial charge on any atom is -0.349 e. The number of nitrogens with zero attached hydrogens (tertiary/aromatic N) is 2. The molecule has 118 valence electrons. The molecule has 0 unspecified atom stereocenters. The fourth-order valence-corrected chi connectivity index (χ4v) is 3.58. The first-order chi connectivity index (χ1) is 11.2. The molecule has 6 heteroatoms. The largest absolute Gasteiger partial charge is 0.349 e. The lowest BCUT2D eigenvalue weighted by molar-refractivity contribution is 0.0946. The van der Waals surface area contributed by atoms with Crippen LogP contribution in [0.1, 0.15) is 28.2 Å². The van der Waals surface area contributed by atoms with Gasteiger partial charge in [-0.2, -0.15) is 5.10 Å². The number of carbonyl (C=O) groups excluding carboxylic acids is 1. The molecule has 0 saturated carbocycles. The summed E-state index contributed by atoms with van der Waals surface area (Å²) < 4.78 is 3.20. The molecule has 2 N–H and O–H groups in total. The maximum atomic E-state index is 12.3. The lowest BCUT2D eigenvalue weighted by Crippen LogP contribution is -2.28. The van der Waals surface area contributed by atoms with Gasteiger partial charge in [-0.15, -0.1) is 0 Å². The summed E-state index contributed by atoms with van der Waals surface area (Å²) >= 11 is 3.50. The maximum Gasteiger partial charge on any atom is 0.272 e. The number of benzene rings is 1. The van der Waals surface area contributed by atoms with Gasteiger partial charge in [0, 0.05) is 40.5 Å². The number of fused-ring (bicyclic) bond motifs is 2. The number of aryl methyl sites for hydroxylation is 1. The van der Waals surface area contributed by atoms with Crippen LogP contribution < -0.4 is 5.32 Å². The average molecular weight is 373 g/mol. The van der Waals surface area contributed by atoms with E-state index in [1.54, 1.807) is 0 Å². The third-order valence-electron chi connectivity index (χ3n) is 4.40. The fourth-order valence-electron chi connectivity index (χ4n) is 3.23.